The Balaban J connectivity index is 1.57. The van der Waals surface area contributed by atoms with Crippen LogP contribution in [-0.4, -0.2) is 15.9 Å². The minimum Gasteiger partial charge on any atom is -0.347 e. The second-order valence-corrected chi connectivity index (χ2v) is 4.99. The van der Waals surface area contributed by atoms with Gasteiger partial charge in [-0.15, -0.1) is 0 Å². The Morgan fingerprint density at radius 1 is 1.56 bits per heavy atom. The molecule has 4 nitrogen and oxygen atoms in total. The van der Waals surface area contributed by atoms with Crippen LogP contribution in [0.2, 0.25) is 0 Å². The Morgan fingerprint density at radius 3 is 2.94 bits per heavy atom. The molecular weight excluding hydrogens is 202 g/mol. The topological polar surface area (TPSA) is 57.8 Å². The Hall–Kier alpha value is -1.32. The molecule has 0 aliphatic heterocycles. The molecule has 2 aliphatic rings. The first-order chi connectivity index (χ1) is 7.77. The number of fused-ring (bicyclic) bond motifs is 1. The van der Waals surface area contributed by atoms with E-state index in [0.29, 0.717) is 17.8 Å². The highest BCUT2D eigenvalue weighted by atomic mass is 16.2. The van der Waals surface area contributed by atoms with Gasteiger partial charge in [0.15, 0.2) is 0 Å². The maximum Gasteiger partial charge on any atom is 0.224 e. The van der Waals surface area contributed by atoms with Gasteiger partial charge in [0.05, 0.1) is 6.04 Å². The molecule has 0 spiro atoms. The molecule has 3 unspecified atom stereocenters. The van der Waals surface area contributed by atoms with E-state index in [1.165, 1.54) is 19.3 Å². The third-order valence-corrected chi connectivity index (χ3v) is 4.00. The molecule has 2 saturated carbocycles. The fraction of sp³-hybridized carbons (Fsp3) is 0.667. The highest BCUT2D eigenvalue weighted by Gasteiger charge is 2.56. The van der Waals surface area contributed by atoms with Crippen molar-refractivity contribution >= 4 is 5.91 Å². The van der Waals surface area contributed by atoms with E-state index in [9.17, 15) is 4.79 Å². The van der Waals surface area contributed by atoms with E-state index in [1.54, 1.807) is 12.4 Å². The number of carbonyl (C=O) groups excluding carboxylic acids is 1. The molecule has 1 amide bonds. The fourth-order valence-corrected chi connectivity index (χ4v) is 3.10. The molecule has 3 rings (SSSR count). The van der Waals surface area contributed by atoms with Gasteiger partial charge in [0.1, 0.15) is 5.82 Å². The first kappa shape index (κ1) is 9.87. The molecule has 1 heterocycles. The van der Waals surface area contributed by atoms with Crippen molar-refractivity contribution in [2.75, 3.05) is 0 Å². The molecular formula is C12H17N3O. The lowest BCUT2D eigenvalue weighted by Crippen LogP contribution is -2.30. The van der Waals surface area contributed by atoms with Gasteiger partial charge in [-0.1, -0.05) is 6.42 Å². The Bertz CT molecular complexity index is 377. The molecule has 2 N–H and O–H groups in total. The summed E-state index contributed by atoms with van der Waals surface area (Å²) in [6, 6.07) is -0.0103. The average Bonchev–Trinajstić information content (AvgIpc) is 2.76. The predicted molar refractivity (Wildman–Crippen MR) is 59.5 cm³/mol. The smallest absolute Gasteiger partial charge is 0.224 e. The van der Waals surface area contributed by atoms with Crippen LogP contribution in [-0.2, 0) is 4.79 Å². The van der Waals surface area contributed by atoms with Crippen molar-refractivity contribution in [3.8, 4) is 0 Å². The van der Waals surface area contributed by atoms with Crippen LogP contribution in [0.15, 0.2) is 12.4 Å². The van der Waals surface area contributed by atoms with Gasteiger partial charge in [0, 0.05) is 18.3 Å². The third kappa shape index (κ3) is 1.52. The molecule has 1 aromatic heterocycles. The lowest BCUT2D eigenvalue weighted by Gasteiger charge is -2.12. The van der Waals surface area contributed by atoms with Crippen LogP contribution in [0.5, 0.6) is 0 Å². The molecule has 3 atom stereocenters. The number of H-pyrrole nitrogens is 1. The van der Waals surface area contributed by atoms with Gasteiger partial charge in [-0.2, -0.15) is 0 Å². The van der Waals surface area contributed by atoms with E-state index in [4.69, 9.17) is 0 Å². The van der Waals surface area contributed by atoms with E-state index in [-0.39, 0.29) is 11.9 Å². The highest BCUT2D eigenvalue weighted by molar-refractivity contribution is 5.82. The van der Waals surface area contributed by atoms with Crippen molar-refractivity contribution in [2.45, 2.75) is 32.2 Å². The molecule has 1 aromatic rings. The van der Waals surface area contributed by atoms with Crippen LogP contribution in [0.25, 0.3) is 0 Å². The van der Waals surface area contributed by atoms with Crippen molar-refractivity contribution in [3.63, 3.8) is 0 Å². The van der Waals surface area contributed by atoms with Crippen LogP contribution < -0.4 is 5.32 Å². The number of amides is 1. The summed E-state index contributed by atoms with van der Waals surface area (Å²) < 4.78 is 0. The van der Waals surface area contributed by atoms with Gasteiger partial charge in [-0.05, 0) is 31.6 Å². The molecule has 0 aromatic carbocycles. The van der Waals surface area contributed by atoms with Crippen LogP contribution in [0.1, 0.15) is 38.1 Å². The lowest BCUT2D eigenvalue weighted by molar-refractivity contribution is -0.123. The average molecular weight is 219 g/mol. The fourth-order valence-electron chi connectivity index (χ4n) is 3.10. The van der Waals surface area contributed by atoms with Crippen molar-refractivity contribution in [3.05, 3.63) is 18.2 Å². The van der Waals surface area contributed by atoms with Crippen LogP contribution in [0.3, 0.4) is 0 Å². The monoisotopic (exact) mass is 219 g/mol. The second-order valence-electron chi connectivity index (χ2n) is 4.99. The summed E-state index contributed by atoms with van der Waals surface area (Å²) in [6.45, 7) is 1.97. The quantitative estimate of drug-likeness (QED) is 0.811. The minimum atomic E-state index is -0.0103. The zero-order valence-corrected chi connectivity index (χ0v) is 9.44. The van der Waals surface area contributed by atoms with Gasteiger partial charge < -0.3 is 10.3 Å². The molecule has 0 radical (unpaired) electrons. The van der Waals surface area contributed by atoms with Crippen molar-refractivity contribution in [1.29, 1.82) is 0 Å². The lowest BCUT2D eigenvalue weighted by atomic mass is 10.1. The van der Waals surface area contributed by atoms with E-state index in [1.807, 2.05) is 6.92 Å². The largest absolute Gasteiger partial charge is 0.347 e. The standard InChI is InChI=1S/C12H17N3O/c1-7(11-13-5-6-14-11)15-12(16)10-8-3-2-4-9(8)10/h5-10H,2-4H2,1H3,(H,13,14)(H,15,16). The highest BCUT2D eigenvalue weighted by Crippen LogP contribution is 2.57. The molecule has 2 fully saturated rings. The number of aromatic amines is 1. The number of aromatic nitrogens is 2. The van der Waals surface area contributed by atoms with Crippen molar-refractivity contribution in [1.82, 2.24) is 15.3 Å². The van der Waals surface area contributed by atoms with Crippen molar-refractivity contribution < 1.29 is 4.79 Å². The maximum atomic E-state index is 12.0. The zero-order valence-electron chi connectivity index (χ0n) is 9.44. The van der Waals surface area contributed by atoms with E-state index in [2.05, 4.69) is 15.3 Å². The number of hydrogen-bond donors (Lipinski definition) is 2. The van der Waals surface area contributed by atoms with Gasteiger partial charge in [-0.3, -0.25) is 4.79 Å². The molecule has 0 saturated heterocycles. The summed E-state index contributed by atoms with van der Waals surface area (Å²) in [4.78, 5) is 19.1. The van der Waals surface area contributed by atoms with Crippen LogP contribution in [0, 0.1) is 17.8 Å². The van der Waals surface area contributed by atoms with Gasteiger partial charge in [0.2, 0.25) is 5.91 Å². The van der Waals surface area contributed by atoms with E-state index >= 15 is 0 Å². The Kier molecular flexibility index (Phi) is 2.23. The summed E-state index contributed by atoms with van der Waals surface area (Å²) in [5.74, 6) is 2.72. The van der Waals surface area contributed by atoms with E-state index < -0.39 is 0 Å². The van der Waals surface area contributed by atoms with Crippen LogP contribution >= 0.6 is 0 Å². The van der Waals surface area contributed by atoms with Crippen molar-refractivity contribution in [2.24, 2.45) is 17.8 Å². The number of rotatable bonds is 3. The maximum absolute atomic E-state index is 12.0. The second kappa shape index (κ2) is 3.61. The number of nitrogens with zero attached hydrogens (tertiary/aromatic N) is 1. The molecule has 4 heteroatoms. The predicted octanol–water partition coefficient (Wildman–Crippen LogP) is 1.63. The minimum absolute atomic E-state index is 0.0103. The third-order valence-electron chi connectivity index (χ3n) is 4.00. The normalized spacial score (nSPS) is 33.2. The zero-order chi connectivity index (χ0) is 11.1. The molecule has 16 heavy (non-hydrogen) atoms. The Morgan fingerprint density at radius 2 is 2.31 bits per heavy atom. The van der Waals surface area contributed by atoms with Gasteiger partial charge >= 0.3 is 0 Å². The number of nitrogens with one attached hydrogen (secondary N) is 2. The molecule has 86 valence electrons. The summed E-state index contributed by atoms with van der Waals surface area (Å²) in [7, 11) is 0. The van der Waals surface area contributed by atoms with Gasteiger partial charge in [-0.25, -0.2) is 4.98 Å². The summed E-state index contributed by atoms with van der Waals surface area (Å²) in [5, 5.41) is 3.04. The first-order valence-corrected chi connectivity index (χ1v) is 6.07. The SMILES string of the molecule is CC(NC(=O)C1C2CCCC21)c1ncc[nH]1. The van der Waals surface area contributed by atoms with E-state index in [0.717, 1.165) is 5.82 Å². The van der Waals surface area contributed by atoms with Crippen LogP contribution in [0.4, 0.5) is 0 Å². The summed E-state index contributed by atoms with van der Waals surface area (Å²) in [5.41, 5.74) is 0. The Labute approximate surface area is 94.8 Å². The number of carbonyl (C=O) groups is 1. The van der Waals surface area contributed by atoms with Gasteiger partial charge in [0.25, 0.3) is 0 Å². The number of hydrogen-bond acceptors (Lipinski definition) is 2. The number of imidazole rings is 1. The summed E-state index contributed by atoms with van der Waals surface area (Å²) in [6.07, 6.45) is 7.30. The first-order valence-electron chi connectivity index (χ1n) is 6.07. The molecule has 2 aliphatic carbocycles. The summed E-state index contributed by atoms with van der Waals surface area (Å²) >= 11 is 0. The molecule has 0 bridgehead atoms.